The van der Waals surface area contributed by atoms with Crippen LogP contribution in [-0.2, 0) is 4.74 Å². The van der Waals surface area contributed by atoms with E-state index < -0.39 is 6.10 Å². The molecular formula is C18H26ClNO3. The first-order chi connectivity index (χ1) is 11.0. The molecule has 3 unspecified atom stereocenters. The third-order valence-electron chi connectivity index (χ3n) is 5.56. The molecule has 1 spiro atoms. The van der Waals surface area contributed by atoms with Crippen molar-refractivity contribution in [2.45, 2.75) is 44.5 Å². The number of likely N-dealkylation sites (tertiary alicyclic amines) is 1. The SMILES string of the molecule is CCOC1CC(O)C12CCN(CC(O)c1cccc(Cl)c1)CC2. The van der Waals surface area contributed by atoms with E-state index in [-0.39, 0.29) is 17.6 Å². The van der Waals surface area contributed by atoms with Gasteiger partial charge in [-0.2, -0.15) is 0 Å². The van der Waals surface area contributed by atoms with Gasteiger partial charge < -0.3 is 19.8 Å². The minimum atomic E-state index is -0.531. The summed E-state index contributed by atoms with van der Waals surface area (Å²) >= 11 is 5.99. The smallest absolute Gasteiger partial charge is 0.0917 e. The zero-order chi connectivity index (χ0) is 16.4. The second-order valence-electron chi connectivity index (χ2n) is 6.80. The van der Waals surface area contributed by atoms with E-state index in [0.29, 0.717) is 18.2 Å². The quantitative estimate of drug-likeness (QED) is 0.866. The summed E-state index contributed by atoms with van der Waals surface area (Å²) in [6.45, 7) is 5.09. The molecule has 3 atom stereocenters. The molecule has 2 N–H and O–H groups in total. The standard InChI is InChI=1S/C18H26ClNO3/c1-2-23-17-11-16(22)18(17)6-8-20(9-7-18)12-15(21)13-4-3-5-14(19)10-13/h3-5,10,15-17,21-22H,2,6-9,11-12H2,1H3. The molecule has 2 aliphatic rings. The van der Waals surface area contributed by atoms with Crippen LogP contribution in [0.3, 0.4) is 0 Å². The lowest BCUT2D eigenvalue weighted by Gasteiger charge is -2.56. The number of nitrogens with zero attached hydrogens (tertiary/aromatic N) is 1. The second-order valence-corrected chi connectivity index (χ2v) is 7.24. The molecule has 1 aromatic carbocycles. The first-order valence-electron chi connectivity index (χ1n) is 8.50. The van der Waals surface area contributed by atoms with Gasteiger partial charge in [-0.1, -0.05) is 23.7 Å². The van der Waals surface area contributed by atoms with Crippen LogP contribution in [0.2, 0.25) is 5.02 Å². The molecule has 3 rings (SSSR count). The molecule has 1 aliphatic heterocycles. The molecular weight excluding hydrogens is 314 g/mol. The predicted molar refractivity (Wildman–Crippen MR) is 90.6 cm³/mol. The summed E-state index contributed by atoms with van der Waals surface area (Å²) in [7, 11) is 0. The third-order valence-corrected chi connectivity index (χ3v) is 5.80. The van der Waals surface area contributed by atoms with Crippen LogP contribution in [0.25, 0.3) is 0 Å². The summed E-state index contributed by atoms with van der Waals surface area (Å²) in [6.07, 6.45) is 2.06. The predicted octanol–water partition coefficient (Wildman–Crippen LogP) is 2.63. The van der Waals surface area contributed by atoms with Gasteiger partial charge in [0, 0.05) is 30.0 Å². The van der Waals surface area contributed by atoms with Crippen molar-refractivity contribution in [2.75, 3.05) is 26.2 Å². The molecule has 23 heavy (non-hydrogen) atoms. The summed E-state index contributed by atoms with van der Waals surface area (Å²) < 4.78 is 5.80. The van der Waals surface area contributed by atoms with E-state index in [9.17, 15) is 10.2 Å². The number of hydrogen-bond acceptors (Lipinski definition) is 4. The van der Waals surface area contributed by atoms with Gasteiger partial charge in [-0.3, -0.25) is 0 Å². The van der Waals surface area contributed by atoms with E-state index in [2.05, 4.69) is 4.90 Å². The Morgan fingerprint density at radius 2 is 2.13 bits per heavy atom. The van der Waals surface area contributed by atoms with E-state index in [1.54, 1.807) is 0 Å². The van der Waals surface area contributed by atoms with Gasteiger partial charge in [0.2, 0.25) is 0 Å². The van der Waals surface area contributed by atoms with E-state index in [0.717, 1.165) is 37.9 Å². The molecule has 0 radical (unpaired) electrons. The Labute approximate surface area is 143 Å². The Hall–Kier alpha value is -0.650. The molecule has 0 aromatic heterocycles. The first kappa shape index (κ1) is 17.2. The van der Waals surface area contributed by atoms with Crippen LogP contribution < -0.4 is 0 Å². The van der Waals surface area contributed by atoms with Gasteiger partial charge in [0.1, 0.15) is 0 Å². The lowest BCUT2D eigenvalue weighted by Crippen LogP contribution is -2.62. The minimum absolute atomic E-state index is 0.0620. The van der Waals surface area contributed by atoms with Crippen LogP contribution >= 0.6 is 11.6 Å². The van der Waals surface area contributed by atoms with Crippen molar-refractivity contribution in [3.8, 4) is 0 Å². The summed E-state index contributed by atoms with van der Waals surface area (Å²) in [4.78, 5) is 2.27. The lowest BCUT2D eigenvalue weighted by molar-refractivity contribution is -0.210. The Morgan fingerprint density at radius 1 is 1.39 bits per heavy atom. The van der Waals surface area contributed by atoms with Gasteiger partial charge in [-0.05, 0) is 50.6 Å². The topological polar surface area (TPSA) is 52.9 Å². The summed E-state index contributed by atoms with van der Waals surface area (Å²) in [5, 5.41) is 21.3. The lowest BCUT2D eigenvalue weighted by atomic mass is 9.58. The fraction of sp³-hybridized carbons (Fsp3) is 0.667. The van der Waals surface area contributed by atoms with Gasteiger partial charge in [0.15, 0.2) is 0 Å². The Morgan fingerprint density at radius 3 is 2.74 bits per heavy atom. The fourth-order valence-corrected chi connectivity index (χ4v) is 4.23. The van der Waals surface area contributed by atoms with Crippen LogP contribution in [-0.4, -0.2) is 53.6 Å². The normalized spacial score (nSPS) is 28.5. The highest BCUT2D eigenvalue weighted by Gasteiger charge is 2.55. The van der Waals surface area contributed by atoms with Gasteiger partial charge in [-0.15, -0.1) is 0 Å². The molecule has 1 saturated heterocycles. The molecule has 1 aromatic rings. The van der Waals surface area contributed by atoms with Crippen molar-refractivity contribution in [1.29, 1.82) is 0 Å². The van der Waals surface area contributed by atoms with Gasteiger partial charge in [0.05, 0.1) is 18.3 Å². The fourth-order valence-electron chi connectivity index (χ4n) is 4.03. The first-order valence-corrected chi connectivity index (χ1v) is 8.88. The molecule has 1 saturated carbocycles. The molecule has 0 bridgehead atoms. The van der Waals surface area contributed by atoms with Crippen LogP contribution in [0.1, 0.15) is 37.9 Å². The number of piperidine rings is 1. The molecule has 2 fully saturated rings. The zero-order valence-electron chi connectivity index (χ0n) is 13.6. The number of ether oxygens (including phenoxy) is 1. The Bertz CT molecular complexity index is 529. The van der Waals surface area contributed by atoms with E-state index >= 15 is 0 Å². The highest BCUT2D eigenvalue weighted by atomic mass is 35.5. The maximum Gasteiger partial charge on any atom is 0.0917 e. The van der Waals surface area contributed by atoms with E-state index in [1.165, 1.54) is 0 Å². The van der Waals surface area contributed by atoms with Crippen molar-refractivity contribution >= 4 is 11.6 Å². The summed E-state index contributed by atoms with van der Waals surface area (Å²) in [5.74, 6) is 0. The third kappa shape index (κ3) is 3.42. The summed E-state index contributed by atoms with van der Waals surface area (Å²) in [6, 6.07) is 7.40. The number of halogens is 1. The number of aliphatic hydroxyl groups is 2. The van der Waals surface area contributed by atoms with Gasteiger partial charge >= 0.3 is 0 Å². The van der Waals surface area contributed by atoms with Crippen molar-refractivity contribution < 1.29 is 14.9 Å². The van der Waals surface area contributed by atoms with Crippen molar-refractivity contribution in [3.05, 3.63) is 34.9 Å². The van der Waals surface area contributed by atoms with Gasteiger partial charge in [-0.25, -0.2) is 0 Å². The second kappa shape index (κ2) is 7.08. The largest absolute Gasteiger partial charge is 0.392 e. The average molecular weight is 340 g/mol. The maximum atomic E-state index is 10.4. The van der Waals surface area contributed by atoms with Crippen LogP contribution in [0, 0.1) is 5.41 Å². The molecule has 4 nitrogen and oxygen atoms in total. The number of rotatable bonds is 5. The van der Waals surface area contributed by atoms with Crippen LogP contribution in [0.4, 0.5) is 0 Å². The Balaban J connectivity index is 1.55. The highest BCUT2D eigenvalue weighted by Crippen LogP contribution is 2.51. The molecule has 0 amide bonds. The number of aliphatic hydroxyl groups excluding tert-OH is 2. The Kier molecular flexibility index (Phi) is 5.29. The average Bonchev–Trinajstić information content (AvgIpc) is 2.55. The zero-order valence-corrected chi connectivity index (χ0v) is 14.4. The molecule has 1 heterocycles. The van der Waals surface area contributed by atoms with E-state index in [1.807, 2.05) is 31.2 Å². The number of hydrogen-bond donors (Lipinski definition) is 2. The highest BCUT2D eigenvalue weighted by molar-refractivity contribution is 6.30. The van der Waals surface area contributed by atoms with Crippen LogP contribution in [0.15, 0.2) is 24.3 Å². The van der Waals surface area contributed by atoms with Crippen LogP contribution in [0.5, 0.6) is 0 Å². The molecule has 5 heteroatoms. The van der Waals surface area contributed by atoms with Crippen molar-refractivity contribution in [3.63, 3.8) is 0 Å². The monoisotopic (exact) mass is 339 g/mol. The summed E-state index contributed by atoms with van der Waals surface area (Å²) in [5.41, 5.74) is 0.793. The number of β-amino-alcohol motifs (C(OH)–C–C–N with tert-alkyl or cyclic N) is 1. The molecule has 1 aliphatic carbocycles. The van der Waals surface area contributed by atoms with Gasteiger partial charge in [0.25, 0.3) is 0 Å². The maximum absolute atomic E-state index is 10.4. The van der Waals surface area contributed by atoms with Crippen molar-refractivity contribution in [2.24, 2.45) is 5.41 Å². The minimum Gasteiger partial charge on any atom is -0.392 e. The number of benzene rings is 1. The van der Waals surface area contributed by atoms with E-state index in [4.69, 9.17) is 16.3 Å². The van der Waals surface area contributed by atoms with Crippen molar-refractivity contribution in [1.82, 2.24) is 4.90 Å². The molecule has 128 valence electrons.